The van der Waals surface area contributed by atoms with Crippen LogP contribution in [0, 0.1) is 0 Å². The molecule has 0 amide bonds. The summed E-state index contributed by atoms with van der Waals surface area (Å²) in [5.74, 6) is 0.461. The van der Waals surface area contributed by atoms with Crippen LogP contribution in [0.25, 0.3) is 0 Å². The van der Waals surface area contributed by atoms with Crippen LogP contribution in [0.2, 0.25) is 0 Å². The van der Waals surface area contributed by atoms with Gasteiger partial charge >= 0.3 is 6.18 Å². The molecule has 0 saturated carbocycles. The Morgan fingerprint density at radius 3 is 2.05 bits per heavy atom. The zero-order chi connectivity index (χ0) is 14.8. The Kier molecular flexibility index (Phi) is 9.99. The minimum Gasteiger partial charge on any atom is -0.490 e. The maximum absolute atomic E-state index is 12.1. The summed E-state index contributed by atoms with van der Waals surface area (Å²) in [5.41, 5.74) is 5.38. The summed E-state index contributed by atoms with van der Waals surface area (Å²) in [6.45, 7) is -0.185. The van der Waals surface area contributed by atoms with Gasteiger partial charge in [0.25, 0.3) is 0 Å². The highest BCUT2D eigenvalue weighted by Crippen LogP contribution is 2.28. The topological polar surface area (TPSA) is 44.5 Å². The molecule has 0 aliphatic rings. The largest absolute Gasteiger partial charge is 0.490 e. The van der Waals surface area contributed by atoms with Crippen molar-refractivity contribution in [2.24, 2.45) is 5.73 Å². The summed E-state index contributed by atoms with van der Waals surface area (Å²) in [7, 11) is 0. The molecule has 0 radical (unpaired) electrons. The monoisotopic (exact) mass is 327 g/mol. The summed E-state index contributed by atoms with van der Waals surface area (Å²) in [4.78, 5) is 0. The van der Waals surface area contributed by atoms with E-state index in [1.54, 1.807) is 18.2 Å². The number of para-hydroxylation sites is 2. The molecule has 1 aromatic carbocycles. The molecule has 0 bridgehead atoms. The van der Waals surface area contributed by atoms with Crippen LogP contribution < -0.4 is 15.2 Å². The highest BCUT2D eigenvalue weighted by atomic mass is 35.5. The van der Waals surface area contributed by atoms with Gasteiger partial charge in [-0.1, -0.05) is 25.0 Å². The van der Waals surface area contributed by atoms with Gasteiger partial charge in [0.2, 0.25) is 0 Å². The van der Waals surface area contributed by atoms with Gasteiger partial charge in [0.15, 0.2) is 18.1 Å². The average Bonchev–Trinajstić information content (AvgIpc) is 2.40. The zero-order valence-electron chi connectivity index (χ0n) is 11.7. The molecule has 0 aliphatic carbocycles. The molecule has 7 heteroatoms. The molecule has 1 rings (SSSR count). The second-order valence-corrected chi connectivity index (χ2v) is 4.40. The molecule has 0 aromatic heterocycles. The smallest absolute Gasteiger partial charge is 0.422 e. The van der Waals surface area contributed by atoms with E-state index < -0.39 is 12.8 Å². The van der Waals surface area contributed by atoms with Gasteiger partial charge in [-0.25, -0.2) is 0 Å². The quantitative estimate of drug-likeness (QED) is 0.698. The van der Waals surface area contributed by atoms with E-state index in [4.69, 9.17) is 15.2 Å². The van der Waals surface area contributed by atoms with E-state index in [0.29, 0.717) is 18.9 Å². The van der Waals surface area contributed by atoms with Crippen LogP contribution in [0.3, 0.4) is 0 Å². The Morgan fingerprint density at radius 1 is 0.905 bits per heavy atom. The lowest BCUT2D eigenvalue weighted by Crippen LogP contribution is -2.19. The van der Waals surface area contributed by atoms with Gasteiger partial charge in [-0.05, 0) is 31.5 Å². The average molecular weight is 328 g/mol. The second-order valence-electron chi connectivity index (χ2n) is 4.40. The fraction of sp³-hybridized carbons (Fsp3) is 0.571. The summed E-state index contributed by atoms with van der Waals surface area (Å²) in [6.07, 6.45) is -0.511. The molecule has 0 heterocycles. The van der Waals surface area contributed by atoms with Crippen molar-refractivity contribution in [1.29, 1.82) is 0 Å². The van der Waals surface area contributed by atoms with E-state index in [1.165, 1.54) is 6.07 Å². The number of hydrogen-bond acceptors (Lipinski definition) is 3. The number of benzene rings is 1. The maximum Gasteiger partial charge on any atom is 0.422 e. The van der Waals surface area contributed by atoms with E-state index in [-0.39, 0.29) is 18.2 Å². The molecule has 0 spiro atoms. The number of hydrogen-bond donors (Lipinski definition) is 1. The van der Waals surface area contributed by atoms with Crippen molar-refractivity contribution >= 4 is 12.4 Å². The van der Waals surface area contributed by atoms with Gasteiger partial charge in [-0.3, -0.25) is 0 Å². The number of rotatable bonds is 9. The molecule has 0 aliphatic heterocycles. The third-order valence-electron chi connectivity index (χ3n) is 2.60. The second kappa shape index (κ2) is 10.6. The van der Waals surface area contributed by atoms with E-state index in [0.717, 1.165) is 25.7 Å². The number of unbranched alkanes of at least 4 members (excludes halogenated alkanes) is 3. The molecule has 3 nitrogen and oxygen atoms in total. The first-order valence-electron chi connectivity index (χ1n) is 6.64. The highest BCUT2D eigenvalue weighted by molar-refractivity contribution is 5.85. The lowest BCUT2D eigenvalue weighted by molar-refractivity contribution is -0.153. The van der Waals surface area contributed by atoms with Crippen LogP contribution in [0.15, 0.2) is 24.3 Å². The van der Waals surface area contributed by atoms with Crippen molar-refractivity contribution in [3.05, 3.63) is 24.3 Å². The van der Waals surface area contributed by atoms with Crippen molar-refractivity contribution in [2.75, 3.05) is 19.8 Å². The van der Waals surface area contributed by atoms with Crippen molar-refractivity contribution in [2.45, 2.75) is 31.9 Å². The first-order chi connectivity index (χ1) is 9.53. The van der Waals surface area contributed by atoms with Crippen molar-refractivity contribution in [3.8, 4) is 11.5 Å². The third kappa shape index (κ3) is 9.42. The Hall–Kier alpha value is -1.14. The Balaban J connectivity index is 0.00000400. The fourth-order valence-electron chi connectivity index (χ4n) is 1.63. The molecule has 0 atom stereocenters. The van der Waals surface area contributed by atoms with Gasteiger partial charge in [0.1, 0.15) is 0 Å². The van der Waals surface area contributed by atoms with Gasteiger partial charge < -0.3 is 15.2 Å². The molecule has 0 unspecified atom stereocenters. The fourth-order valence-corrected chi connectivity index (χ4v) is 1.63. The summed E-state index contributed by atoms with van der Waals surface area (Å²) >= 11 is 0. The van der Waals surface area contributed by atoms with E-state index in [9.17, 15) is 13.2 Å². The van der Waals surface area contributed by atoms with Crippen LogP contribution >= 0.6 is 12.4 Å². The number of alkyl halides is 3. The zero-order valence-corrected chi connectivity index (χ0v) is 12.5. The first kappa shape index (κ1) is 19.9. The Labute approximate surface area is 129 Å². The SMILES string of the molecule is Cl.NCCCCCCOc1ccccc1OCC(F)(F)F. The van der Waals surface area contributed by atoms with Crippen LogP contribution in [0.5, 0.6) is 11.5 Å². The van der Waals surface area contributed by atoms with Crippen LogP contribution in [0.1, 0.15) is 25.7 Å². The lowest BCUT2D eigenvalue weighted by atomic mass is 10.2. The number of ether oxygens (including phenoxy) is 2. The first-order valence-corrected chi connectivity index (χ1v) is 6.64. The van der Waals surface area contributed by atoms with Gasteiger partial charge in [-0.2, -0.15) is 13.2 Å². The summed E-state index contributed by atoms with van der Waals surface area (Å²) < 4.78 is 46.6. The minimum absolute atomic E-state index is 0. The third-order valence-corrected chi connectivity index (χ3v) is 2.60. The number of halogens is 4. The molecular weight excluding hydrogens is 307 g/mol. The van der Waals surface area contributed by atoms with Gasteiger partial charge in [-0.15, -0.1) is 12.4 Å². The van der Waals surface area contributed by atoms with E-state index in [1.807, 2.05) is 0 Å². The van der Waals surface area contributed by atoms with Crippen LogP contribution in [0.4, 0.5) is 13.2 Å². The highest BCUT2D eigenvalue weighted by Gasteiger charge is 2.28. The molecule has 0 fully saturated rings. The van der Waals surface area contributed by atoms with Crippen molar-refractivity contribution in [1.82, 2.24) is 0 Å². The molecule has 0 saturated heterocycles. The summed E-state index contributed by atoms with van der Waals surface area (Å²) in [6, 6.07) is 6.38. The summed E-state index contributed by atoms with van der Waals surface area (Å²) in [5, 5.41) is 0. The van der Waals surface area contributed by atoms with E-state index >= 15 is 0 Å². The van der Waals surface area contributed by atoms with Gasteiger partial charge in [0, 0.05) is 0 Å². The molecule has 1 aromatic rings. The lowest BCUT2D eigenvalue weighted by Gasteiger charge is -2.13. The predicted molar refractivity (Wildman–Crippen MR) is 78.3 cm³/mol. The van der Waals surface area contributed by atoms with Gasteiger partial charge in [0.05, 0.1) is 6.61 Å². The number of nitrogens with two attached hydrogens (primary N) is 1. The molecular formula is C14H21ClF3NO2. The molecule has 2 N–H and O–H groups in total. The molecule has 122 valence electrons. The predicted octanol–water partition coefficient (Wildman–Crippen LogP) is 3.95. The van der Waals surface area contributed by atoms with Crippen LogP contribution in [-0.4, -0.2) is 25.9 Å². The molecule has 21 heavy (non-hydrogen) atoms. The standard InChI is InChI=1S/C14H20F3NO2.ClH/c15-14(16,17)11-20-13-8-4-3-7-12(13)19-10-6-2-1-5-9-18;/h3-4,7-8H,1-2,5-6,9-11,18H2;1H. The Morgan fingerprint density at radius 2 is 1.48 bits per heavy atom. The maximum atomic E-state index is 12.1. The minimum atomic E-state index is -4.35. The normalized spacial score (nSPS) is 10.9. The van der Waals surface area contributed by atoms with Crippen LogP contribution in [-0.2, 0) is 0 Å². The van der Waals surface area contributed by atoms with E-state index in [2.05, 4.69) is 0 Å². The van der Waals surface area contributed by atoms with Crippen molar-refractivity contribution < 1.29 is 22.6 Å². The van der Waals surface area contributed by atoms with Crippen molar-refractivity contribution in [3.63, 3.8) is 0 Å². The Bertz CT molecular complexity index is 389.